The van der Waals surface area contributed by atoms with Gasteiger partial charge in [0.1, 0.15) is 0 Å². The number of ether oxygens (including phenoxy) is 1. The largest absolute Gasteiger partial charge is 0.380 e. The molecule has 2 rings (SSSR count). The molecule has 0 radical (unpaired) electrons. The summed E-state index contributed by atoms with van der Waals surface area (Å²) in [5, 5.41) is 0. The van der Waals surface area contributed by atoms with Crippen molar-refractivity contribution < 1.29 is 4.74 Å². The molecule has 0 atom stereocenters. The number of rotatable bonds is 4. The summed E-state index contributed by atoms with van der Waals surface area (Å²) in [5.41, 5.74) is 3.61. The van der Waals surface area contributed by atoms with Crippen molar-refractivity contribution in [3.8, 4) is 0 Å². The molecule has 0 bridgehead atoms. The zero-order chi connectivity index (χ0) is 11.9. The lowest BCUT2D eigenvalue weighted by molar-refractivity contribution is 0.185. The third-order valence-electron chi connectivity index (χ3n) is 2.53. The Hall–Kier alpha value is -1.86. The first kappa shape index (κ1) is 11.6. The van der Waals surface area contributed by atoms with Crippen LogP contribution in [0.5, 0.6) is 0 Å². The van der Waals surface area contributed by atoms with Gasteiger partial charge in [-0.1, -0.05) is 60.7 Å². The van der Waals surface area contributed by atoms with E-state index in [1.165, 1.54) is 16.7 Å². The van der Waals surface area contributed by atoms with Crippen molar-refractivity contribution in [3.63, 3.8) is 0 Å². The van der Waals surface area contributed by atoms with Gasteiger partial charge in [-0.25, -0.2) is 0 Å². The van der Waals surface area contributed by atoms with Crippen molar-refractivity contribution in [1.29, 1.82) is 0 Å². The first-order chi connectivity index (χ1) is 8.38. The van der Waals surface area contributed by atoms with Crippen LogP contribution in [0.4, 0.5) is 0 Å². The highest BCUT2D eigenvalue weighted by atomic mass is 16.5. The smallest absolute Gasteiger partial charge is 0.0713 e. The second kappa shape index (κ2) is 6.02. The van der Waals surface area contributed by atoms with E-state index in [1.807, 2.05) is 18.2 Å². The second-order valence-corrected chi connectivity index (χ2v) is 3.92. The molecule has 0 saturated heterocycles. The van der Waals surface area contributed by atoms with Gasteiger partial charge in [0.2, 0.25) is 0 Å². The SMILES string of the molecule is COCc1cccc(C=Cc2ccccc2)c1. The summed E-state index contributed by atoms with van der Waals surface area (Å²) in [5.74, 6) is 0. The molecule has 0 aromatic heterocycles. The van der Waals surface area contributed by atoms with Crippen LogP contribution < -0.4 is 0 Å². The maximum Gasteiger partial charge on any atom is 0.0713 e. The van der Waals surface area contributed by atoms with Crippen LogP contribution in [0, 0.1) is 0 Å². The number of benzene rings is 2. The summed E-state index contributed by atoms with van der Waals surface area (Å²) in [6, 6.07) is 18.7. The van der Waals surface area contributed by atoms with Gasteiger partial charge in [0.05, 0.1) is 6.61 Å². The van der Waals surface area contributed by atoms with Gasteiger partial charge in [-0.2, -0.15) is 0 Å². The zero-order valence-corrected chi connectivity index (χ0v) is 9.97. The fraction of sp³-hybridized carbons (Fsp3) is 0.125. The first-order valence-corrected chi connectivity index (χ1v) is 5.69. The van der Waals surface area contributed by atoms with E-state index in [0.717, 1.165) is 0 Å². The van der Waals surface area contributed by atoms with Gasteiger partial charge in [0.15, 0.2) is 0 Å². The Morgan fingerprint density at radius 3 is 2.35 bits per heavy atom. The van der Waals surface area contributed by atoms with Crippen LogP contribution in [-0.4, -0.2) is 7.11 Å². The minimum atomic E-state index is 0.660. The molecule has 0 N–H and O–H groups in total. The van der Waals surface area contributed by atoms with Crippen LogP contribution in [0.3, 0.4) is 0 Å². The van der Waals surface area contributed by atoms with Crippen LogP contribution >= 0.6 is 0 Å². The average molecular weight is 224 g/mol. The molecule has 0 aliphatic rings. The van der Waals surface area contributed by atoms with Crippen molar-refractivity contribution in [1.82, 2.24) is 0 Å². The van der Waals surface area contributed by atoms with E-state index < -0.39 is 0 Å². The fourth-order valence-electron chi connectivity index (χ4n) is 1.71. The van der Waals surface area contributed by atoms with Gasteiger partial charge in [-0.05, 0) is 22.8 Å². The van der Waals surface area contributed by atoms with Crippen molar-refractivity contribution in [2.45, 2.75) is 6.61 Å². The van der Waals surface area contributed by atoms with Gasteiger partial charge < -0.3 is 4.74 Å². The third-order valence-corrected chi connectivity index (χ3v) is 2.53. The fourth-order valence-corrected chi connectivity index (χ4v) is 1.71. The molecule has 1 nitrogen and oxygen atoms in total. The normalized spacial score (nSPS) is 10.9. The van der Waals surface area contributed by atoms with Gasteiger partial charge in [-0.3, -0.25) is 0 Å². The summed E-state index contributed by atoms with van der Waals surface area (Å²) >= 11 is 0. The lowest BCUT2D eigenvalue weighted by atomic mass is 10.1. The van der Waals surface area contributed by atoms with Gasteiger partial charge in [0.25, 0.3) is 0 Å². The summed E-state index contributed by atoms with van der Waals surface area (Å²) in [7, 11) is 1.71. The molecule has 0 aliphatic carbocycles. The molecule has 0 unspecified atom stereocenters. The van der Waals surface area contributed by atoms with Crippen molar-refractivity contribution in [2.75, 3.05) is 7.11 Å². The maximum absolute atomic E-state index is 5.12. The van der Waals surface area contributed by atoms with E-state index >= 15 is 0 Å². The molecular weight excluding hydrogens is 208 g/mol. The molecule has 0 aliphatic heterocycles. The molecule has 0 spiro atoms. The quantitative estimate of drug-likeness (QED) is 0.713. The molecule has 0 heterocycles. The highest BCUT2D eigenvalue weighted by Gasteiger charge is 1.92. The van der Waals surface area contributed by atoms with E-state index in [4.69, 9.17) is 4.74 Å². The molecule has 0 saturated carbocycles. The third kappa shape index (κ3) is 3.58. The molecule has 2 aromatic rings. The molecule has 86 valence electrons. The minimum Gasteiger partial charge on any atom is -0.380 e. The summed E-state index contributed by atoms with van der Waals surface area (Å²) in [6.45, 7) is 0.660. The van der Waals surface area contributed by atoms with Crippen LogP contribution in [0.15, 0.2) is 54.6 Å². The predicted molar refractivity (Wildman–Crippen MR) is 72.5 cm³/mol. The molecular formula is C16H16O. The van der Waals surface area contributed by atoms with Gasteiger partial charge >= 0.3 is 0 Å². The Balaban J connectivity index is 2.13. The Labute approximate surface area is 102 Å². The summed E-state index contributed by atoms with van der Waals surface area (Å²) in [4.78, 5) is 0. The van der Waals surface area contributed by atoms with Crippen LogP contribution in [0.25, 0.3) is 12.2 Å². The van der Waals surface area contributed by atoms with Gasteiger partial charge in [-0.15, -0.1) is 0 Å². The number of methoxy groups -OCH3 is 1. The Morgan fingerprint density at radius 1 is 0.882 bits per heavy atom. The average Bonchev–Trinajstić information content (AvgIpc) is 2.39. The molecule has 0 amide bonds. The lowest BCUT2D eigenvalue weighted by Gasteiger charge is -2.00. The minimum absolute atomic E-state index is 0.660. The molecule has 1 heteroatoms. The van der Waals surface area contributed by atoms with Crippen molar-refractivity contribution >= 4 is 12.2 Å². The monoisotopic (exact) mass is 224 g/mol. The zero-order valence-electron chi connectivity index (χ0n) is 9.97. The topological polar surface area (TPSA) is 9.23 Å². The van der Waals surface area contributed by atoms with E-state index in [9.17, 15) is 0 Å². The Bertz CT molecular complexity index is 486. The summed E-state index contributed by atoms with van der Waals surface area (Å²) in [6.07, 6.45) is 4.24. The van der Waals surface area contributed by atoms with E-state index in [-0.39, 0.29) is 0 Å². The molecule has 2 aromatic carbocycles. The van der Waals surface area contributed by atoms with E-state index in [0.29, 0.717) is 6.61 Å². The molecule has 17 heavy (non-hydrogen) atoms. The lowest BCUT2D eigenvalue weighted by Crippen LogP contribution is -1.87. The number of hydrogen-bond acceptors (Lipinski definition) is 1. The van der Waals surface area contributed by atoms with E-state index in [2.05, 4.69) is 48.6 Å². The van der Waals surface area contributed by atoms with Crippen molar-refractivity contribution in [3.05, 3.63) is 71.3 Å². The van der Waals surface area contributed by atoms with Crippen molar-refractivity contribution in [2.24, 2.45) is 0 Å². The first-order valence-electron chi connectivity index (χ1n) is 5.69. The standard InChI is InChI=1S/C16H16O/c1-17-13-16-9-5-8-15(12-16)11-10-14-6-3-2-4-7-14/h2-12H,13H2,1H3. The molecule has 0 fully saturated rings. The predicted octanol–water partition coefficient (Wildman–Crippen LogP) is 4.00. The highest BCUT2D eigenvalue weighted by Crippen LogP contribution is 2.10. The van der Waals surface area contributed by atoms with E-state index in [1.54, 1.807) is 7.11 Å². The second-order valence-electron chi connectivity index (χ2n) is 3.92. The van der Waals surface area contributed by atoms with Crippen LogP contribution in [0.1, 0.15) is 16.7 Å². The maximum atomic E-state index is 5.12. The Morgan fingerprint density at radius 2 is 1.59 bits per heavy atom. The van der Waals surface area contributed by atoms with Gasteiger partial charge in [0, 0.05) is 7.11 Å². The summed E-state index contributed by atoms with van der Waals surface area (Å²) < 4.78 is 5.12. The number of hydrogen-bond donors (Lipinski definition) is 0. The highest BCUT2D eigenvalue weighted by molar-refractivity contribution is 5.69. The Kier molecular flexibility index (Phi) is 4.11. The van der Waals surface area contributed by atoms with Crippen LogP contribution in [-0.2, 0) is 11.3 Å². The van der Waals surface area contributed by atoms with Crippen LogP contribution in [0.2, 0.25) is 0 Å².